The third-order valence-electron chi connectivity index (χ3n) is 2.60. The summed E-state index contributed by atoms with van der Waals surface area (Å²) in [5.74, 6) is -0.616. The van der Waals surface area contributed by atoms with Crippen LogP contribution < -0.4 is 0 Å². The van der Waals surface area contributed by atoms with Crippen LogP contribution in [0.4, 0.5) is 0 Å². The van der Waals surface area contributed by atoms with Crippen molar-refractivity contribution < 1.29 is 19.1 Å². The standard InChI is InChI=1S/C16H20Br2O4/c1-9(2)7-21-15(19)11-5-13(17)14(18)6-12(11)16(20)22-8-10(3)4/h5-6,9-10H,7-8H2,1-4H3. The quantitative estimate of drug-likeness (QED) is 0.600. The van der Waals surface area contributed by atoms with Crippen LogP contribution in [0.25, 0.3) is 0 Å². The lowest BCUT2D eigenvalue weighted by molar-refractivity contribution is 0.0412. The number of esters is 2. The van der Waals surface area contributed by atoms with Crippen molar-refractivity contribution in [2.75, 3.05) is 13.2 Å². The fourth-order valence-corrected chi connectivity index (χ4v) is 2.21. The van der Waals surface area contributed by atoms with Gasteiger partial charge < -0.3 is 9.47 Å². The number of carbonyl (C=O) groups is 2. The average Bonchev–Trinajstić information content (AvgIpc) is 2.44. The van der Waals surface area contributed by atoms with E-state index in [4.69, 9.17) is 9.47 Å². The lowest BCUT2D eigenvalue weighted by atomic mass is 10.1. The Morgan fingerprint density at radius 3 is 1.45 bits per heavy atom. The number of carbonyl (C=O) groups excluding carboxylic acids is 2. The number of benzene rings is 1. The van der Waals surface area contributed by atoms with E-state index in [0.29, 0.717) is 22.2 Å². The van der Waals surface area contributed by atoms with Gasteiger partial charge in [-0.2, -0.15) is 0 Å². The van der Waals surface area contributed by atoms with Crippen molar-refractivity contribution >= 4 is 43.8 Å². The van der Waals surface area contributed by atoms with E-state index in [0.717, 1.165) is 0 Å². The lowest BCUT2D eigenvalue weighted by Crippen LogP contribution is -2.17. The summed E-state index contributed by atoms with van der Waals surface area (Å²) in [5.41, 5.74) is 0.397. The van der Waals surface area contributed by atoms with Crippen molar-refractivity contribution in [3.05, 3.63) is 32.2 Å². The maximum Gasteiger partial charge on any atom is 0.339 e. The van der Waals surface area contributed by atoms with Gasteiger partial charge in [0.05, 0.1) is 24.3 Å². The molecule has 1 aromatic carbocycles. The van der Waals surface area contributed by atoms with Crippen LogP contribution in [-0.2, 0) is 9.47 Å². The van der Waals surface area contributed by atoms with Gasteiger partial charge in [-0.1, -0.05) is 27.7 Å². The molecule has 0 amide bonds. The van der Waals surface area contributed by atoms with Gasteiger partial charge in [-0.25, -0.2) is 9.59 Å². The number of hydrogen-bond donors (Lipinski definition) is 0. The summed E-state index contributed by atoms with van der Waals surface area (Å²) in [7, 11) is 0. The Morgan fingerprint density at radius 2 is 1.18 bits per heavy atom. The van der Waals surface area contributed by atoms with E-state index in [9.17, 15) is 9.59 Å². The molecule has 0 aliphatic heterocycles. The van der Waals surface area contributed by atoms with Crippen molar-refractivity contribution in [2.45, 2.75) is 27.7 Å². The van der Waals surface area contributed by atoms with Gasteiger partial charge in [0.2, 0.25) is 0 Å². The molecule has 6 heteroatoms. The molecule has 4 nitrogen and oxygen atoms in total. The van der Waals surface area contributed by atoms with Crippen molar-refractivity contribution in [3.8, 4) is 0 Å². The molecular formula is C16H20Br2O4. The molecular weight excluding hydrogens is 416 g/mol. The molecule has 0 atom stereocenters. The van der Waals surface area contributed by atoms with E-state index in [1.807, 2.05) is 27.7 Å². The molecule has 0 fully saturated rings. The first kappa shape index (κ1) is 19.2. The molecule has 0 aliphatic carbocycles. The Hall–Kier alpha value is -0.880. The average molecular weight is 436 g/mol. The van der Waals surface area contributed by atoms with Crippen molar-refractivity contribution in [3.63, 3.8) is 0 Å². The number of hydrogen-bond acceptors (Lipinski definition) is 4. The van der Waals surface area contributed by atoms with Crippen molar-refractivity contribution in [1.82, 2.24) is 0 Å². The third kappa shape index (κ3) is 5.72. The van der Waals surface area contributed by atoms with E-state index in [1.54, 1.807) is 12.1 Å². The van der Waals surface area contributed by atoms with Crippen molar-refractivity contribution in [2.24, 2.45) is 11.8 Å². The zero-order valence-corrected chi connectivity index (χ0v) is 16.3. The predicted molar refractivity (Wildman–Crippen MR) is 92.1 cm³/mol. The SMILES string of the molecule is CC(C)COC(=O)c1cc(Br)c(Br)cc1C(=O)OCC(C)C. The zero-order chi connectivity index (χ0) is 16.9. The Balaban J connectivity index is 3.06. The highest BCUT2D eigenvalue weighted by molar-refractivity contribution is 9.13. The van der Waals surface area contributed by atoms with E-state index >= 15 is 0 Å². The summed E-state index contributed by atoms with van der Waals surface area (Å²) in [6.07, 6.45) is 0. The molecule has 0 aromatic heterocycles. The number of halogens is 2. The summed E-state index contributed by atoms with van der Waals surface area (Å²) < 4.78 is 11.8. The van der Waals surface area contributed by atoms with E-state index < -0.39 is 11.9 Å². The molecule has 1 rings (SSSR count). The zero-order valence-electron chi connectivity index (χ0n) is 13.1. The van der Waals surface area contributed by atoms with E-state index in [2.05, 4.69) is 31.9 Å². The van der Waals surface area contributed by atoms with Crippen LogP contribution in [-0.4, -0.2) is 25.2 Å². The van der Waals surface area contributed by atoms with Gasteiger partial charge in [-0.05, 0) is 55.8 Å². The van der Waals surface area contributed by atoms with Crippen LogP contribution in [0, 0.1) is 11.8 Å². The highest BCUT2D eigenvalue weighted by Crippen LogP contribution is 2.28. The fraction of sp³-hybridized carbons (Fsp3) is 0.500. The van der Waals surface area contributed by atoms with Gasteiger partial charge in [0.15, 0.2) is 0 Å². The van der Waals surface area contributed by atoms with Gasteiger partial charge in [0.25, 0.3) is 0 Å². The van der Waals surface area contributed by atoms with Crippen LogP contribution in [0.15, 0.2) is 21.1 Å². The predicted octanol–water partition coefficient (Wildman–Crippen LogP) is 4.84. The van der Waals surface area contributed by atoms with E-state index in [1.165, 1.54) is 0 Å². The first-order valence-corrected chi connectivity index (χ1v) is 8.64. The molecule has 22 heavy (non-hydrogen) atoms. The molecule has 0 aliphatic rings. The minimum absolute atomic E-state index is 0.199. The Kier molecular flexibility index (Phi) is 7.56. The molecule has 1 aromatic rings. The molecule has 0 heterocycles. The van der Waals surface area contributed by atoms with Crippen LogP contribution in [0.1, 0.15) is 48.4 Å². The van der Waals surface area contributed by atoms with Crippen LogP contribution in [0.5, 0.6) is 0 Å². The summed E-state index contributed by atoms with van der Waals surface area (Å²) in [5, 5.41) is 0. The largest absolute Gasteiger partial charge is 0.462 e. The minimum Gasteiger partial charge on any atom is -0.462 e. The second-order valence-corrected chi connectivity index (χ2v) is 7.51. The van der Waals surface area contributed by atoms with Gasteiger partial charge in [0, 0.05) is 8.95 Å². The summed E-state index contributed by atoms with van der Waals surface area (Å²) >= 11 is 6.67. The summed E-state index contributed by atoms with van der Waals surface area (Å²) in [6, 6.07) is 3.14. The number of rotatable bonds is 6. The topological polar surface area (TPSA) is 52.6 Å². The number of ether oxygens (including phenoxy) is 2. The fourth-order valence-electron chi connectivity index (χ4n) is 1.52. The second-order valence-electron chi connectivity index (χ2n) is 5.80. The first-order valence-electron chi connectivity index (χ1n) is 7.05. The normalized spacial score (nSPS) is 10.9. The molecule has 0 saturated carbocycles. The molecule has 0 spiro atoms. The van der Waals surface area contributed by atoms with Crippen LogP contribution >= 0.6 is 31.9 Å². The summed E-state index contributed by atoms with van der Waals surface area (Å²) in [4.78, 5) is 24.4. The highest BCUT2D eigenvalue weighted by atomic mass is 79.9. The minimum atomic E-state index is -0.529. The van der Waals surface area contributed by atoms with Crippen LogP contribution in [0.2, 0.25) is 0 Å². The third-order valence-corrected chi connectivity index (χ3v) is 4.44. The van der Waals surface area contributed by atoms with E-state index in [-0.39, 0.29) is 23.0 Å². The van der Waals surface area contributed by atoms with Gasteiger partial charge in [0.1, 0.15) is 0 Å². The first-order chi connectivity index (χ1) is 10.2. The highest BCUT2D eigenvalue weighted by Gasteiger charge is 2.22. The molecule has 0 radical (unpaired) electrons. The van der Waals surface area contributed by atoms with Gasteiger partial charge >= 0.3 is 11.9 Å². The monoisotopic (exact) mass is 434 g/mol. The molecule has 122 valence electrons. The Labute approximate surface area is 147 Å². The summed E-state index contributed by atoms with van der Waals surface area (Å²) in [6.45, 7) is 8.39. The Bertz CT molecular complexity index is 504. The second kappa shape index (κ2) is 8.67. The Morgan fingerprint density at radius 1 is 0.864 bits per heavy atom. The van der Waals surface area contributed by atoms with Crippen LogP contribution in [0.3, 0.4) is 0 Å². The van der Waals surface area contributed by atoms with Gasteiger partial charge in [-0.3, -0.25) is 0 Å². The maximum atomic E-state index is 12.2. The molecule has 0 unspecified atom stereocenters. The van der Waals surface area contributed by atoms with Gasteiger partial charge in [-0.15, -0.1) is 0 Å². The van der Waals surface area contributed by atoms with Crippen molar-refractivity contribution in [1.29, 1.82) is 0 Å². The molecule has 0 N–H and O–H groups in total. The molecule has 0 bridgehead atoms. The maximum absolute atomic E-state index is 12.2. The lowest BCUT2D eigenvalue weighted by Gasteiger charge is -2.13. The smallest absolute Gasteiger partial charge is 0.339 e. The molecule has 0 saturated heterocycles.